The highest BCUT2D eigenvalue weighted by molar-refractivity contribution is 7.78. The maximum atomic E-state index is 14.3. The van der Waals surface area contributed by atoms with Crippen molar-refractivity contribution in [3.63, 3.8) is 0 Å². The van der Waals surface area contributed by atoms with Gasteiger partial charge in [-0.05, 0) is 19.3 Å². The first kappa shape index (κ1) is 30.1. The van der Waals surface area contributed by atoms with Gasteiger partial charge in [0.2, 0.25) is 0 Å². The first-order valence-electron chi connectivity index (χ1n) is 14.3. The zero-order valence-corrected chi connectivity index (χ0v) is 24.3. The van der Waals surface area contributed by atoms with Crippen LogP contribution in [0.25, 0.3) is 0 Å². The minimum absolute atomic E-state index is 0.609. The molecule has 2 rings (SSSR count). The monoisotopic (exact) mass is 516 g/mol. The molecular weight excluding hydrogens is 466 g/mol. The molecule has 0 saturated carbocycles. The van der Waals surface area contributed by atoms with Crippen LogP contribution in [-0.2, 0) is 9.13 Å². The van der Waals surface area contributed by atoms with E-state index in [4.69, 9.17) is 0 Å². The van der Waals surface area contributed by atoms with Crippen molar-refractivity contribution in [3.8, 4) is 0 Å². The highest BCUT2D eigenvalue weighted by Crippen LogP contribution is 2.51. The van der Waals surface area contributed by atoms with E-state index >= 15 is 0 Å². The molecule has 0 radical (unpaired) electrons. The van der Waals surface area contributed by atoms with Gasteiger partial charge < -0.3 is 9.13 Å². The molecule has 0 aromatic heterocycles. The van der Waals surface area contributed by atoms with Gasteiger partial charge in [-0.1, -0.05) is 139 Å². The van der Waals surface area contributed by atoms with Crippen molar-refractivity contribution in [2.24, 2.45) is 0 Å². The summed E-state index contributed by atoms with van der Waals surface area (Å²) < 4.78 is 28.4. The molecule has 0 atom stereocenters. The van der Waals surface area contributed by atoms with E-state index in [9.17, 15) is 9.13 Å². The predicted octanol–water partition coefficient (Wildman–Crippen LogP) is 9.47. The largest absolute Gasteiger partial charge is 0.324 e. The molecule has 0 fully saturated rings. The zero-order chi connectivity index (χ0) is 25.2. The molecule has 2 nitrogen and oxygen atoms in total. The Morgan fingerprint density at radius 2 is 0.829 bits per heavy atom. The van der Waals surface area contributed by atoms with E-state index in [2.05, 4.69) is 13.8 Å². The zero-order valence-electron chi connectivity index (χ0n) is 22.5. The summed E-state index contributed by atoms with van der Waals surface area (Å²) in [5.74, 6) is 0. The van der Waals surface area contributed by atoms with Crippen molar-refractivity contribution in [1.82, 2.24) is 0 Å². The third-order valence-electron chi connectivity index (χ3n) is 7.22. The molecule has 0 bridgehead atoms. The van der Waals surface area contributed by atoms with Crippen LogP contribution in [0.4, 0.5) is 0 Å². The van der Waals surface area contributed by atoms with Gasteiger partial charge in [-0.2, -0.15) is 0 Å². The van der Waals surface area contributed by atoms with Crippen molar-refractivity contribution in [3.05, 3.63) is 60.7 Å². The van der Waals surface area contributed by atoms with E-state index in [-0.39, 0.29) is 0 Å². The van der Waals surface area contributed by atoms with E-state index in [0.717, 1.165) is 48.4 Å². The van der Waals surface area contributed by atoms with Crippen LogP contribution >= 0.6 is 14.3 Å². The average Bonchev–Trinajstić information content (AvgIpc) is 2.89. The van der Waals surface area contributed by atoms with Gasteiger partial charge in [-0.25, -0.2) is 0 Å². The summed E-state index contributed by atoms with van der Waals surface area (Å²) >= 11 is 0. The maximum absolute atomic E-state index is 14.3. The lowest BCUT2D eigenvalue weighted by Crippen LogP contribution is -2.19. The molecule has 2 aromatic rings. The average molecular weight is 517 g/mol. The van der Waals surface area contributed by atoms with Crippen molar-refractivity contribution in [2.45, 2.75) is 97.3 Å². The second-order valence-corrected chi connectivity index (χ2v) is 16.7. The number of rotatable bonds is 20. The number of benzene rings is 2. The molecule has 35 heavy (non-hydrogen) atoms. The Balaban J connectivity index is 2.00. The fraction of sp³-hybridized carbons (Fsp3) is 0.613. The summed E-state index contributed by atoms with van der Waals surface area (Å²) in [6.07, 6.45) is 18.8. The summed E-state index contributed by atoms with van der Waals surface area (Å²) in [5.41, 5.74) is 0. The number of unbranched alkanes of at least 4 members (excludes halogenated alkanes) is 10. The topological polar surface area (TPSA) is 34.1 Å². The van der Waals surface area contributed by atoms with E-state index in [1.54, 1.807) is 0 Å². The SMILES string of the molecule is CCCCCCCCP(=O)(CCCCCCCC)CCCP(=O)(c1ccccc1)c1ccccc1. The molecule has 2 aromatic carbocycles. The molecule has 0 aliphatic rings. The second-order valence-electron chi connectivity index (χ2n) is 10.3. The van der Waals surface area contributed by atoms with Crippen molar-refractivity contribution in [2.75, 3.05) is 24.6 Å². The Hall–Kier alpha value is -1.10. The number of hydrogen-bond donors (Lipinski definition) is 0. The third-order valence-corrected chi connectivity index (χ3v) is 13.8. The molecule has 0 aliphatic heterocycles. The first-order valence-corrected chi connectivity index (χ1v) is 18.5. The van der Waals surface area contributed by atoms with E-state index in [1.165, 1.54) is 64.2 Å². The summed E-state index contributed by atoms with van der Waals surface area (Å²) in [6, 6.07) is 19.9. The van der Waals surface area contributed by atoms with E-state index < -0.39 is 14.3 Å². The fourth-order valence-corrected chi connectivity index (χ4v) is 11.0. The quantitative estimate of drug-likeness (QED) is 0.130. The molecule has 0 N–H and O–H groups in total. The van der Waals surface area contributed by atoms with Gasteiger partial charge in [-0.15, -0.1) is 0 Å². The minimum atomic E-state index is -2.72. The maximum Gasteiger partial charge on any atom is 0.143 e. The van der Waals surface area contributed by atoms with Crippen molar-refractivity contribution in [1.29, 1.82) is 0 Å². The third kappa shape index (κ3) is 11.2. The molecule has 0 amide bonds. The van der Waals surface area contributed by atoms with Gasteiger partial charge in [0.15, 0.2) is 0 Å². The van der Waals surface area contributed by atoms with Crippen molar-refractivity contribution >= 4 is 24.9 Å². The molecule has 0 unspecified atom stereocenters. The molecule has 0 aliphatic carbocycles. The van der Waals surface area contributed by atoms with Gasteiger partial charge in [0.25, 0.3) is 0 Å². The molecular formula is C31H50O2P2. The standard InChI is InChI=1S/C31H50O2P2/c1-3-5-7-9-11-19-26-34(32,27-20-12-10-8-6-4-2)28-21-29-35(33,30-22-15-13-16-23-30)31-24-17-14-18-25-31/h13-18,22-25H,3-12,19-21,26-29H2,1-2H3. The molecule has 0 spiro atoms. The molecule has 0 saturated heterocycles. The summed E-state index contributed by atoms with van der Waals surface area (Å²) in [5, 5.41) is 1.85. The highest BCUT2D eigenvalue weighted by Gasteiger charge is 2.29. The van der Waals surface area contributed by atoms with Crippen LogP contribution in [-0.4, -0.2) is 24.6 Å². The fourth-order valence-electron chi connectivity index (χ4n) is 5.02. The van der Waals surface area contributed by atoms with Crippen LogP contribution in [0.1, 0.15) is 97.3 Å². The second kappa shape index (κ2) is 17.4. The van der Waals surface area contributed by atoms with Crippen LogP contribution < -0.4 is 10.6 Å². The smallest absolute Gasteiger partial charge is 0.143 e. The summed E-state index contributed by atoms with van der Waals surface area (Å²) in [7, 11) is -4.94. The Kier molecular flexibility index (Phi) is 15.0. The molecule has 196 valence electrons. The lowest BCUT2D eigenvalue weighted by atomic mass is 10.1. The number of hydrogen-bond acceptors (Lipinski definition) is 2. The predicted molar refractivity (Wildman–Crippen MR) is 158 cm³/mol. The van der Waals surface area contributed by atoms with Gasteiger partial charge in [0.05, 0.1) is 7.14 Å². The lowest BCUT2D eigenvalue weighted by molar-refractivity contribution is 0.560. The summed E-state index contributed by atoms with van der Waals surface area (Å²) in [6.45, 7) is 4.50. The van der Waals surface area contributed by atoms with E-state index in [1.807, 2.05) is 60.7 Å². The Bertz CT molecular complexity index is 816. The summed E-state index contributed by atoms with van der Waals surface area (Å²) in [4.78, 5) is 0. The van der Waals surface area contributed by atoms with Gasteiger partial charge in [0, 0.05) is 35.3 Å². The first-order chi connectivity index (χ1) is 17.0. The van der Waals surface area contributed by atoms with Crippen LogP contribution in [0, 0.1) is 0 Å². The van der Waals surface area contributed by atoms with Crippen LogP contribution in [0.2, 0.25) is 0 Å². The van der Waals surface area contributed by atoms with Gasteiger partial charge in [0.1, 0.15) is 7.14 Å². The van der Waals surface area contributed by atoms with E-state index in [0.29, 0.717) is 6.16 Å². The van der Waals surface area contributed by atoms with Gasteiger partial charge >= 0.3 is 0 Å². The molecule has 0 heterocycles. The van der Waals surface area contributed by atoms with Crippen molar-refractivity contribution < 1.29 is 9.13 Å². The molecule has 4 heteroatoms. The van der Waals surface area contributed by atoms with Crippen LogP contribution in [0.15, 0.2) is 60.7 Å². The Labute approximate surface area is 216 Å². The van der Waals surface area contributed by atoms with Crippen LogP contribution in [0.3, 0.4) is 0 Å². The normalized spacial score (nSPS) is 12.2. The minimum Gasteiger partial charge on any atom is -0.324 e. The van der Waals surface area contributed by atoms with Crippen LogP contribution in [0.5, 0.6) is 0 Å². The highest BCUT2D eigenvalue weighted by atomic mass is 31.2. The Morgan fingerprint density at radius 3 is 1.26 bits per heavy atom. The lowest BCUT2D eigenvalue weighted by Gasteiger charge is -2.22. The Morgan fingerprint density at radius 1 is 0.457 bits per heavy atom. The van der Waals surface area contributed by atoms with Gasteiger partial charge in [-0.3, -0.25) is 0 Å².